The van der Waals surface area contributed by atoms with Crippen molar-refractivity contribution in [2.45, 2.75) is 39.8 Å². The minimum atomic E-state index is -0.857. The topological polar surface area (TPSA) is 109 Å². The summed E-state index contributed by atoms with van der Waals surface area (Å²) in [6, 6.07) is 9.60. The summed E-state index contributed by atoms with van der Waals surface area (Å²) in [7, 11) is 1.59. The van der Waals surface area contributed by atoms with E-state index in [2.05, 4.69) is 10.1 Å². The second-order valence-electron chi connectivity index (χ2n) is 7.76. The maximum absolute atomic E-state index is 11.0. The Morgan fingerprint density at radius 1 is 1.23 bits per heavy atom. The van der Waals surface area contributed by atoms with Gasteiger partial charge in [0.05, 0.1) is 25.1 Å². The summed E-state index contributed by atoms with van der Waals surface area (Å²) in [5, 5.41) is 15.4. The molecule has 3 heterocycles. The summed E-state index contributed by atoms with van der Waals surface area (Å²) < 4.78 is 24.7. The van der Waals surface area contributed by atoms with Crippen molar-refractivity contribution in [3.05, 3.63) is 64.5 Å². The molecule has 0 fully saturated rings. The molecule has 0 bridgehead atoms. The molecule has 184 valence electrons. The Labute approximate surface area is 206 Å². The van der Waals surface area contributed by atoms with Crippen LogP contribution in [0.5, 0.6) is 17.4 Å². The fourth-order valence-corrected chi connectivity index (χ4v) is 4.18. The van der Waals surface area contributed by atoms with Crippen LogP contribution in [-0.2, 0) is 24.4 Å². The van der Waals surface area contributed by atoms with Crippen LogP contribution in [0.25, 0.3) is 10.8 Å². The molecule has 0 aliphatic heterocycles. The number of methoxy groups -OCH3 is 1. The Bertz CT molecular complexity index is 1280. The van der Waals surface area contributed by atoms with Crippen LogP contribution in [0.4, 0.5) is 0 Å². The van der Waals surface area contributed by atoms with E-state index in [1.54, 1.807) is 23.1 Å². The standard InChI is InChI=1S/C25H27N3O6S/c1-4-32-24-18(8-10-23(29)30)14-28(27-24)13-17-7-9-20(21(12-17)31-3)33-15-19-16(2)34-25(26-19)22-6-5-11-35-22/h5-7,9,11-12,14H,4,8,10,13,15H2,1-3H3,(H,29,30). The van der Waals surface area contributed by atoms with E-state index in [4.69, 9.17) is 23.7 Å². The van der Waals surface area contributed by atoms with E-state index in [1.165, 1.54) is 0 Å². The Hall–Kier alpha value is -3.79. The van der Waals surface area contributed by atoms with Crippen LogP contribution in [0.1, 0.15) is 35.9 Å². The first kappa shape index (κ1) is 24.3. The largest absolute Gasteiger partial charge is 0.493 e. The van der Waals surface area contributed by atoms with Crippen LogP contribution >= 0.6 is 11.3 Å². The number of aliphatic carboxylic acids is 1. The molecule has 0 amide bonds. The molecule has 0 atom stereocenters. The van der Waals surface area contributed by atoms with Gasteiger partial charge in [-0.3, -0.25) is 9.48 Å². The first-order valence-corrected chi connectivity index (χ1v) is 12.1. The molecule has 0 aliphatic carbocycles. The maximum Gasteiger partial charge on any atom is 0.303 e. The number of aromatic nitrogens is 3. The van der Waals surface area contributed by atoms with Crippen molar-refractivity contribution in [3.63, 3.8) is 0 Å². The van der Waals surface area contributed by atoms with Crippen molar-refractivity contribution >= 4 is 17.3 Å². The van der Waals surface area contributed by atoms with E-state index >= 15 is 0 Å². The predicted molar refractivity (Wildman–Crippen MR) is 130 cm³/mol. The molecule has 4 aromatic rings. The van der Waals surface area contributed by atoms with Crippen LogP contribution < -0.4 is 14.2 Å². The molecular formula is C25H27N3O6S. The number of aryl methyl sites for hydroxylation is 2. The molecule has 0 saturated heterocycles. The fraction of sp³-hybridized carbons (Fsp3) is 0.320. The highest BCUT2D eigenvalue weighted by Gasteiger charge is 2.15. The highest BCUT2D eigenvalue weighted by Crippen LogP contribution is 2.31. The van der Waals surface area contributed by atoms with Crippen molar-refractivity contribution in [1.29, 1.82) is 0 Å². The van der Waals surface area contributed by atoms with Gasteiger partial charge < -0.3 is 23.7 Å². The second kappa shape index (κ2) is 11.1. The number of rotatable bonds is 12. The first-order valence-electron chi connectivity index (χ1n) is 11.2. The van der Waals surface area contributed by atoms with E-state index in [-0.39, 0.29) is 13.0 Å². The number of thiophene rings is 1. The number of hydrogen-bond donors (Lipinski definition) is 1. The third-order valence-corrected chi connectivity index (χ3v) is 6.11. The number of benzene rings is 1. The van der Waals surface area contributed by atoms with E-state index in [0.29, 0.717) is 48.6 Å². The number of carboxylic acids is 1. The van der Waals surface area contributed by atoms with Crippen LogP contribution in [0.3, 0.4) is 0 Å². The van der Waals surface area contributed by atoms with E-state index < -0.39 is 5.97 Å². The summed E-state index contributed by atoms with van der Waals surface area (Å²) in [5.74, 6) is 2.09. The van der Waals surface area contributed by atoms with Crippen molar-refractivity contribution in [2.75, 3.05) is 13.7 Å². The number of nitrogens with zero attached hydrogens (tertiary/aromatic N) is 3. The molecule has 0 spiro atoms. The van der Waals surface area contributed by atoms with Crippen LogP contribution in [0.15, 0.2) is 46.3 Å². The Morgan fingerprint density at radius 3 is 2.80 bits per heavy atom. The smallest absolute Gasteiger partial charge is 0.303 e. The summed E-state index contributed by atoms with van der Waals surface area (Å²) in [5.41, 5.74) is 2.45. The van der Waals surface area contributed by atoms with Crippen LogP contribution in [0, 0.1) is 6.92 Å². The molecule has 10 heteroatoms. The van der Waals surface area contributed by atoms with Gasteiger partial charge in [-0.05, 0) is 49.4 Å². The van der Waals surface area contributed by atoms with Gasteiger partial charge in [-0.1, -0.05) is 12.1 Å². The lowest BCUT2D eigenvalue weighted by Crippen LogP contribution is -2.03. The average Bonchev–Trinajstić information content (AvgIpc) is 3.58. The van der Waals surface area contributed by atoms with E-state index in [9.17, 15) is 4.79 Å². The lowest BCUT2D eigenvalue weighted by molar-refractivity contribution is -0.136. The van der Waals surface area contributed by atoms with Gasteiger partial charge in [0, 0.05) is 18.2 Å². The third kappa shape index (κ3) is 6.02. The van der Waals surface area contributed by atoms with E-state index in [1.807, 2.05) is 55.8 Å². The zero-order valence-corrected chi connectivity index (χ0v) is 20.6. The van der Waals surface area contributed by atoms with Crippen molar-refractivity contribution < 1.29 is 28.5 Å². The molecule has 9 nitrogen and oxygen atoms in total. The zero-order valence-electron chi connectivity index (χ0n) is 19.8. The molecular weight excluding hydrogens is 470 g/mol. The summed E-state index contributed by atoms with van der Waals surface area (Å²) in [4.78, 5) is 16.5. The number of oxazole rings is 1. The molecule has 35 heavy (non-hydrogen) atoms. The molecule has 0 saturated carbocycles. The normalized spacial score (nSPS) is 10.9. The summed E-state index contributed by atoms with van der Waals surface area (Å²) >= 11 is 1.57. The average molecular weight is 498 g/mol. The van der Waals surface area contributed by atoms with Crippen LogP contribution in [-0.4, -0.2) is 39.6 Å². The molecule has 4 rings (SSSR count). The predicted octanol–water partition coefficient (Wildman–Crippen LogP) is 4.96. The quantitative estimate of drug-likeness (QED) is 0.293. The Balaban J connectivity index is 1.45. The highest BCUT2D eigenvalue weighted by molar-refractivity contribution is 7.13. The van der Waals surface area contributed by atoms with Crippen molar-refractivity contribution in [3.8, 4) is 28.1 Å². The Kier molecular flexibility index (Phi) is 7.71. The lowest BCUT2D eigenvalue weighted by Gasteiger charge is -2.12. The summed E-state index contributed by atoms with van der Waals surface area (Å²) in [6.07, 6.45) is 2.20. The van der Waals surface area contributed by atoms with Gasteiger partial charge >= 0.3 is 5.97 Å². The number of carboxylic acid groups (broad SMARTS) is 1. The molecule has 1 aromatic carbocycles. The minimum Gasteiger partial charge on any atom is -0.493 e. The van der Waals surface area contributed by atoms with Gasteiger partial charge in [0.15, 0.2) is 11.5 Å². The SMILES string of the molecule is CCOc1nn(Cc2ccc(OCc3nc(-c4cccs4)oc3C)c(OC)c2)cc1CCC(=O)O. The molecule has 1 N–H and O–H groups in total. The van der Waals surface area contributed by atoms with Crippen molar-refractivity contribution in [2.24, 2.45) is 0 Å². The third-order valence-electron chi connectivity index (χ3n) is 5.25. The van der Waals surface area contributed by atoms with Gasteiger partial charge in [0.2, 0.25) is 11.8 Å². The second-order valence-corrected chi connectivity index (χ2v) is 8.70. The molecule has 0 aliphatic rings. The summed E-state index contributed by atoms with van der Waals surface area (Å²) in [6.45, 7) is 4.91. The number of hydrogen-bond acceptors (Lipinski definition) is 8. The first-order chi connectivity index (χ1) is 17.0. The lowest BCUT2D eigenvalue weighted by atomic mass is 10.2. The molecule has 3 aromatic heterocycles. The van der Waals surface area contributed by atoms with Crippen molar-refractivity contribution in [1.82, 2.24) is 14.8 Å². The maximum atomic E-state index is 11.0. The van der Waals surface area contributed by atoms with Gasteiger partial charge in [-0.2, -0.15) is 0 Å². The fourth-order valence-electron chi connectivity index (χ4n) is 3.53. The molecule has 0 unspecified atom stereocenters. The van der Waals surface area contributed by atoms with Gasteiger partial charge in [0.25, 0.3) is 0 Å². The van der Waals surface area contributed by atoms with Gasteiger partial charge in [-0.25, -0.2) is 4.98 Å². The number of ether oxygens (including phenoxy) is 3. The monoisotopic (exact) mass is 497 g/mol. The zero-order chi connectivity index (χ0) is 24.8. The van der Waals surface area contributed by atoms with E-state index in [0.717, 1.165) is 21.7 Å². The van der Waals surface area contributed by atoms with Gasteiger partial charge in [-0.15, -0.1) is 16.4 Å². The molecule has 0 radical (unpaired) electrons. The number of carbonyl (C=O) groups is 1. The van der Waals surface area contributed by atoms with Gasteiger partial charge in [0.1, 0.15) is 18.1 Å². The highest BCUT2D eigenvalue weighted by atomic mass is 32.1. The Morgan fingerprint density at radius 2 is 2.09 bits per heavy atom. The minimum absolute atomic E-state index is 0.0193. The van der Waals surface area contributed by atoms with Crippen LogP contribution in [0.2, 0.25) is 0 Å².